The molecule has 2 atom stereocenters. The monoisotopic (exact) mass is 267 g/mol. The van der Waals surface area contributed by atoms with E-state index in [2.05, 4.69) is 0 Å². The van der Waals surface area contributed by atoms with Crippen LogP contribution in [0.25, 0.3) is 0 Å². The second-order valence-corrected chi connectivity index (χ2v) is 4.42. The predicted octanol–water partition coefficient (Wildman–Crippen LogP) is 0.839. The molecule has 0 aliphatic rings. The van der Waals surface area contributed by atoms with Gasteiger partial charge >= 0.3 is 5.97 Å². The van der Waals surface area contributed by atoms with E-state index < -0.39 is 12.3 Å². The van der Waals surface area contributed by atoms with Crippen LogP contribution < -0.4 is 5.73 Å². The molecule has 0 saturated heterocycles. The molecule has 0 radical (unpaired) electrons. The first-order valence-corrected chi connectivity index (χ1v) is 6.35. The molecule has 1 rings (SSSR count). The number of carbonyl (C=O) groups excluding carboxylic acids is 1. The largest absolute Gasteiger partial charge is 0.466 e. The third kappa shape index (κ3) is 3.76. The van der Waals surface area contributed by atoms with E-state index >= 15 is 0 Å². The summed E-state index contributed by atoms with van der Waals surface area (Å²) in [6.07, 6.45) is 0.630. The van der Waals surface area contributed by atoms with Crippen LogP contribution in [0.5, 0.6) is 0 Å². The predicted molar refractivity (Wildman–Crippen MR) is 71.3 cm³/mol. The van der Waals surface area contributed by atoms with Crippen LogP contribution in [0, 0.1) is 0 Å². The highest BCUT2D eigenvalue weighted by atomic mass is 16.5. The van der Waals surface area contributed by atoms with E-state index in [0.29, 0.717) is 18.6 Å². The van der Waals surface area contributed by atoms with Crippen molar-refractivity contribution in [1.82, 2.24) is 0 Å². The van der Waals surface area contributed by atoms with Crippen LogP contribution in [0.4, 0.5) is 0 Å². The Morgan fingerprint density at radius 3 is 2.37 bits per heavy atom. The Morgan fingerprint density at radius 1 is 1.37 bits per heavy atom. The number of ether oxygens (including phenoxy) is 1. The van der Waals surface area contributed by atoms with Gasteiger partial charge in [-0.25, -0.2) is 0 Å². The molecule has 0 spiro atoms. The zero-order chi connectivity index (χ0) is 14.5. The molecule has 1 aromatic rings. The van der Waals surface area contributed by atoms with Gasteiger partial charge in [0.15, 0.2) is 5.72 Å². The number of hydrogen-bond acceptors (Lipinski definition) is 5. The number of carbonyl (C=O) groups is 1. The first kappa shape index (κ1) is 15.6. The van der Waals surface area contributed by atoms with Gasteiger partial charge in [-0.2, -0.15) is 0 Å². The Labute approximate surface area is 113 Å². The third-order valence-corrected chi connectivity index (χ3v) is 3.03. The Bertz CT molecular complexity index is 414. The summed E-state index contributed by atoms with van der Waals surface area (Å²) >= 11 is 0. The average molecular weight is 267 g/mol. The van der Waals surface area contributed by atoms with Crippen LogP contribution >= 0.6 is 0 Å². The molecule has 0 aromatic heterocycles. The summed E-state index contributed by atoms with van der Waals surface area (Å²) in [6.45, 7) is 3.45. The van der Waals surface area contributed by atoms with Crippen molar-refractivity contribution in [2.45, 2.75) is 31.9 Å². The fraction of sp³-hybridized carbons (Fsp3) is 0.500. The van der Waals surface area contributed by atoms with Gasteiger partial charge < -0.3 is 14.9 Å². The zero-order valence-corrected chi connectivity index (χ0v) is 11.3. The van der Waals surface area contributed by atoms with Crippen LogP contribution in [0.1, 0.15) is 37.3 Å². The third-order valence-electron chi connectivity index (χ3n) is 3.03. The molecule has 0 fully saturated rings. The lowest BCUT2D eigenvalue weighted by Gasteiger charge is -2.21. The van der Waals surface area contributed by atoms with Crippen LogP contribution in [-0.4, -0.2) is 29.4 Å². The standard InChI is InChI=1S/C14H21NO4/c1-3-12(13(17)19-4-2)10-5-7-11(8-6-10)14(15,18)9-16/h5-8,12,16,18H,3-4,9,15H2,1-2H3/t12?,14-/m1/s1. The molecule has 106 valence electrons. The van der Waals surface area contributed by atoms with Crippen molar-refractivity contribution in [2.24, 2.45) is 5.73 Å². The number of nitrogens with two attached hydrogens (primary N) is 1. The van der Waals surface area contributed by atoms with Crippen molar-refractivity contribution in [2.75, 3.05) is 13.2 Å². The number of aliphatic hydroxyl groups excluding tert-OH is 1. The van der Waals surface area contributed by atoms with Crippen LogP contribution in [0.3, 0.4) is 0 Å². The lowest BCUT2D eigenvalue weighted by atomic mass is 9.94. The molecule has 5 heteroatoms. The minimum Gasteiger partial charge on any atom is -0.466 e. The molecule has 0 aliphatic carbocycles. The number of rotatable bonds is 6. The molecule has 0 bridgehead atoms. The molecule has 0 amide bonds. The first-order valence-electron chi connectivity index (χ1n) is 6.35. The van der Waals surface area contributed by atoms with Crippen LogP contribution in [-0.2, 0) is 15.3 Å². The molecule has 0 heterocycles. The van der Waals surface area contributed by atoms with Crippen molar-refractivity contribution >= 4 is 5.97 Å². The minimum atomic E-state index is -1.76. The van der Waals surface area contributed by atoms with Crippen molar-refractivity contribution in [3.63, 3.8) is 0 Å². The number of benzene rings is 1. The lowest BCUT2D eigenvalue weighted by Crippen LogP contribution is -2.40. The van der Waals surface area contributed by atoms with Gasteiger partial charge in [0.05, 0.1) is 19.1 Å². The van der Waals surface area contributed by atoms with Crippen LogP contribution in [0.2, 0.25) is 0 Å². The summed E-state index contributed by atoms with van der Waals surface area (Å²) in [5, 5.41) is 18.7. The molecular formula is C14H21NO4. The maximum atomic E-state index is 11.8. The lowest BCUT2D eigenvalue weighted by molar-refractivity contribution is -0.145. The van der Waals surface area contributed by atoms with Gasteiger partial charge in [0.25, 0.3) is 0 Å². The molecule has 1 unspecified atom stereocenters. The summed E-state index contributed by atoms with van der Waals surface area (Å²) in [7, 11) is 0. The summed E-state index contributed by atoms with van der Waals surface area (Å²) in [5.74, 6) is -0.586. The summed E-state index contributed by atoms with van der Waals surface area (Å²) in [4.78, 5) is 11.8. The topological polar surface area (TPSA) is 92.8 Å². The van der Waals surface area contributed by atoms with Gasteiger partial charge in [-0.1, -0.05) is 31.2 Å². The minimum absolute atomic E-state index is 0.261. The van der Waals surface area contributed by atoms with E-state index in [9.17, 15) is 9.90 Å². The maximum absolute atomic E-state index is 11.8. The molecule has 4 N–H and O–H groups in total. The van der Waals surface area contributed by atoms with Gasteiger partial charge in [-0.05, 0) is 18.9 Å². The Kier molecular flexibility index (Phi) is 5.47. The highest BCUT2D eigenvalue weighted by Gasteiger charge is 2.24. The van der Waals surface area contributed by atoms with Gasteiger partial charge in [0, 0.05) is 5.56 Å². The second kappa shape index (κ2) is 6.65. The average Bonchev–Trinajstić information content (AvgIpc) is 2.40. The quantitative estimate of drug-likeness (QED) is 0.524. The van der Waals surface area contributed by atoms with Gasteiger partial charge in [-0.3, -0.25) is 10.5 Å². The summed E-state index contributed by atoms with van der Waals surface area (Å²) in [5.41, 5.74) is 4.96. The Morgan fingerprint density at radius 2 is 1.95 bits per heavy atom. The fourth-order valence-electron chi connectivity index (χ4n) is 1.88. The molecular weight excluding hydrogens is 246 g/mol. The zero-order valence-electron chi connectivity index (χ0n) is 11.3. The van der Waals surface area contributed by atoms with Crippen molar-refractivity contribution in [3.8, 4) is 0 Å². The molecule has 1 aromatic carbocycles. The molecule has 5 nitrogen and oxygen atoms in total. The fourth-order valence-corrected chi connectivity index (χ4v) is 1.88. The number of esters is 1. The Hall–Kier alpha value is -1.43. The highest BCUT2D eigenvalue weighted by molar-refractivity contribution is 5.78. The van der Waals surface area contributed by atoms with Gasteiger partial charge in [-0.15, -0.1) is 0 Å². The van der Waals surface area contributed by atoms with E-state index in [0.717, 1.165) is 5.56 Å². The summed E-state index contributed by atoms with van der Waals surface area (Å²) in [6, 6.07) is 6.64. The van der Waals surface area contributed by atoms with Crippen LogP contribution in [0.15, 0.2) is 24.3 Å². The molecule has 0 aliphatic heterocycles. The normalized spacial score (nSPS) is 15.6. The van der Waals surface area contributed by atoms with E-state index in [-0.39, 0.29) is 11.9 Å². The molecule has 19 heavy (non-hydrogen) atoms. The second-order valence-electron chi connectivity index (χ2n) is 4.42. The molecule has 0 saturated carbocycles. The first-order chi connectivity index (χ1) is 8.96. The van der Waals surface area contributed by atoms with E-state index in [4.69, 9.17) is 15.6 Å². The van der Waals surface area contributed by atoms with Gasteiger partial charge in [0.2, 0.25) is 0 Å². The number of hydrogen-bond donors (Lipinski definition) is 3. The van der Waals surface area contributed by atoms with E-state index in [1.54, 1.807) is 31.2 Å². The van der Waals surface area contributed by atoms with Crippen molar-refractivity contribution in [1.29, 1.82) is 0 Å². The smallest absolute Gasteiger partial charge is 0.313 e. The van der Waals surface area contributed by atoms with E-state index in [1.807, 2.05) is 6.92 Å². The summed E-state index contributed by atoms with van der Waals surface area (Å²) < 4.78 is 5.01. The Balaban J connectivity index is 2.94. The SMILES string of the molecule is CCOC(=O)C(CC)c1ccc([C@](N)(O)CO)cc1. The van der Waals surface area contributed by atoms with Crippen molar-refractivity contribution < 1.29 is 19.7 Å². The maximum Gasteiger partial charge on any atom is 0.313 e. The van der Waals surface area contributed by atoms with E-state index in [1.165, 1.54) is 0 Å². The van der Waals surface area contributed by atoms with Gasteiger partial charge in [0.1, 0.15) is 0 Å². The van der Waals surface area contributed by atoms with Crippen molar-refractivity contribution in [3.05, 3.63) is 35.4 Å². The number of aliphatic hydroxyl groups is 2. The highest BCUT2D eigenvalue weighted by Crippen LogP contribution is 2.23.